The number of rotatable bonds is 4. The van der Waals surface area contributed by atoms with Crippen LogP contribution in [0.15, 0.2) is 30.6 Å². The Morgan fingerprint density at radius 3 is 2.50 bits per heavy atom. The number of hydrogen-bond donors (Lipinski definition) is 1. The van der Waals surface area contributed by atoms with Gasteiger partial charge in [0.25, 0.3) is 0 Å². The number of aryl methyl sites for hydroxylation is 2. The van der Waals surface area contributed by atoms with Crippen molar-refractivity contribution >= 4 is 0 Å². The maximum atomic E-state index is 4.42. The zero-order chi connectivity index (χ0) is 13.1. The summed E-state index contributed by atoms with van der Waals surface area (Å²) in [7, 11) is 1.96. The highest BCUT2D eigenvalue weighted by atomic mass is 15.3. The minimum absolute atomic E-state index is 0.345. The molecule has 0 saturated carbocycles. The molecule has 2 aromatic rings. The van der Waals surface area contributed by atoms with Gasteiger partial charge in [0.2, 0.25) is 0 Å². The maximum Gasteiger partial charge on any atom is 0.0659 e. The highest BCUT2D eigenvalue weighted by Crippen LogP contribution is 2.13. The summed E-state index contributed by atoms with van der Waals surface area (Å²) in [5, 5.41) is 7.64. The first-order valence-corrected chi connectivity index (χ1v) is 6.35. The number of benzene rings is 1. The van der Waals surface area contributed by atoms with E-state index >= 15 is 0 Å². The van der Waals surface area contributed by atoms with E-state index in [9.17, 15) is 0 Å². The van der Waals surface area contributed by atoms with Gasteiger partial charge in [-0.05, 0) is 33.4 Å². The van der Waals surface area contributed by atoms with Gasteiger partial charge in [-0.3, -0.25) is 4.68 Å². The van der Waals surface area contributed by atoms with Crippen molar-refractivity contribution in [1.82, 2.24) is 15.1 Å². The molecule has 0 fully saturated rings. The van der Waals surface area contributed by atoms with Crippen molar-refractivity contribution in [2.45, 2.75) is 33.4 Å². The fourth-order valence-corrected chi connectivity index (χ4v) is 2.20. The highest BCUT2D eigenvalue weighted by molar-refractivity contribution is 5.28. The number of aromatic nitrogens is 2. The van der Waals surface area contributed by atoms with Gasteiger partial charge in [-0.15, -0.1) is 0 Å². The van der Waals surface area contributed by atoms with Crippen LogP contribution in [-0.2, 0) is 6.54 Å². The molecule has 1 heterocycles. The first kappa shape index (κ1) is 12.8. The summed E-state index contributed by atoms with van der Waals surface area (Å²) in [4.78, 5) is 0. The van der Waals surface area contributed by atoms with Crippen LogP contribution in [0.25, 0.3) is 0 Å². The topological polar surface area (TPSA) is 29.9 Å². The molecular weight excluding hydrogens is 222 g/mol. The molecule has 0 aliphatic carbocycles. The van der Waals surface area contributed by atoms with Crippen LogP contribution in [0.5, 0.6) is 0 Å². The van der Waals surface area contributed by atoms with E-state index in [0.29, 0.717) is 6.04 Å². The van der Waals surface area contributed by atoms with Crippen LogP contribution in [-0.4, -0.2) is 16.8 Å². The summed E-state index contributed by atoms with van der Waals surface area (Å²) >= 11 is 0. The molecule has 3 nitrogen and oxygen atoms in total. The Labute approximate surface area is 109 Å². The molecule has 96 valence electrons. The van der Waals surface area contributed by atoms with Crippen molar-refractivity contribution in [1.29, 1.82) is 0 Å². The third kappa shape index (κ3) is 2.99. The van der Waals surface area contributed by atoms with Gasteiger partial charge in [0.05, 0.1) is 12.7 Å². The minimum atomic E-state index is 0.345. The standard InChI is InChI=1S/C15H21N3/c1-11-5-12(2)7-14(6-11)9-18-10-15(8-17-18)13(3)16-4/h5-8,10,13,16H,9H2,1-4H3. The van der Waals surface area contributed by atoms with Gasteiger partial charge in [0.15, 0.2) is 0 Å². The molecule has 0 saturated heterocycles. The molecule has 0 amide bonds. The van der Waals surface area contributed by atoms with Crippen molar-refractivity contribution in [3.63, 3.8) is 0 Å². The number of nitrogens with one attached hydrogen (secondary N) is 1. The molecular formula is C15H21N3. The molecule has 0 radical (unpaired) electrons. The molecule has 0 spiro atoms. The molecule has 18 heavy (non-hydrogen) atoms. The largest absolute Gasteiger partial charge is 0.313 e. The summed E-state index contributed by atoms with van der Waals surface area (Å²) in [6, 6.07) is 6.98. The average molecular weight is 243 g/mol. The predicted octanol–water partition coefficient (Wildman–Crippen LogP) is 2.83. The lowest BCUT2D eigenvalue weighted by molar-refractivity contribution is 0.646. The molecule has 1 aromatic carbocycles. The zero-order valence-corrected chi connectivity index (χ0v) is 11.6. The Morgan fingerprint density at radius 2 is 1.89 bits per heavy atom. The van der Waals surface area contributed by atoms with Gasteiger partial charge < -0.3 is 5.32 Å². The molecule has 3 heteroatoms. The molecule has 1 aromatic heterocycles. The zero-order valence-electron chi connectivity index (χ0n) is 11.6. The van der Waals surface area contributed by atoms with Crippen molar-refractivity contribution in [2.24, 2.45) is 0 Å². The molecule has 2 rings (SSSR count). The molecule has 1 N–H and O–H groups in total. The van der Waals surface area contributed by atoms with Crippen LogP contribution in [0.4, 0.5) is 0 Å². The van der Waals surface area contributed by atoms with E-state index in [2.05, 4.69) is 55.6 Å². The Hall–Kier alpha value is -1.61. The second-order valence-electron chi connectivity index (χ2n) is 4.98. The van der Waals surface area contributed by atoms with Crippen LogP contribution in [0.3, 0.4) is 0 Å². The quantitative estimate of drug-likeness (QED) is 0.895. The second-order valence-corrected chi connectivity index (χ2v) is 4.98. The Kier molecular flexibility index (Phi) is 3.82. The first-order chi connectivity index (χ1) is 8.58. The summed E-state index contributed by atoms with van der Waals surface area (Å²) in [6.45, 7) is 7.24. The first-order valence-electron chi connectivity index (χ1n) is 6.35. The molecule has 0 aliphatic rings. The van der Waals surface area contributed by atoms with Crippen molar-refractivity contribution in [3.8, 4) is 0 Å². The van der Waals surface area contributed by atoms with Crippen LogP contribution >= 0.6 is 0 Å². The van der Waals surface area contributed by atoms with E-state index in [1.807, 2.05) is 17.9 Å². The van der Waals surface area contributed by atoms with Crippen LogP contribution in [0.1, 0.15) is 35.2 Å². The maximum absolute atomic E-state index is 4.42. The predicted molar refractivity (Wildman–Crippen MR) is 74.7 cm³/mol. The van der Waals surface area contributed by atoms with Crippen molar-refractivity contribution in [3.05, 3.63) is 52.8 Å². The summed E-state index contributed by atoms with van der Waals surface area (Å²) in [6.07, 6.45) is 4.04. The second kappa shape index (κ2) is 5.36. The normalized spacial score (nSPS) is 12.7. The fraction of sp³-hybridized carbons (Fsp3) is 0.400. The third-order valence-electron chi connectivity index (χ3n) is 3.21. The van der Waals surface area contributed by atoms with E-state index in [1.54, 1.807) is 0 Å². The summed E-state index contributed by atoms with van der Waals surface area (Å²) < 4.78 is 2.00. The lowest BCUT2D eigenvalue weighted by atomic mass is 10.1. The van der Waals surface area contributed by atoms with Crippen molar-refractivity contribution in [2.75, 3.05) is 7.05 Å². The number of hydrogen-bond acceptors (Lipinski definition) is 2. The Bertz CT molecular complexity index is 508. The van der Waals surface area contributed by atoms with E-state index in [4.69, 9.17) is 0 Å². The molecule has 1 atom stereocenters. The minimum Gasteiger partial charge on any atom is -0.313 e. The van der Waals surface area contributed by atoms with Gasteiger partial charge in [0.1, 0.15) is 0 Å². The molecule has 0 aliphatic heterocycles. The summed E-state index contributed by atoms with van der Waals surface area (Å²) in [5.74, 6) is 0. The van der Waals surface area contributed by atoms with Gasteiger partial charge in [-0.2, -0.15) is 5.10 Å². The van der Waals surface area contributed by atoms with Gasteiger partial charge in [-0.25, -0.2) is 0 Å². The SMILES string of the molecule is CNC(C)c1cnn(Cc2cc(C)cc(C)c2)c1. The molecule has 1 unspecified atom stereocenters. The van der Waals surface area contributed by atoms with E-state index in [-0.39, 0.29) is 0 Å². The average Bonchev–Trinajstić information content (AvgIpc) is 2.75. The Balaban J connectivity index is 2.16. The lowest BCUT2D eigenvalue weighted by Crippen LogP contribution is -2.11. The van der Waals surface area contributed by atoms with Crippen molar-refractivity contribution < 1.29 is 0 Å². The fourth-order valence-electron chi connectivity index (χ4n) is 2.20. The van der Waals surface area contributed by atoms with E-state index in [0.717, 1.165) is 6.54 Å². The van der Waals surface area contributed by atoms with Crippen LogP contribution in [0, 0.1) is 13.8 Å². The molecule has 0 bridgehead atoms. The monoisotopic (exact) mass is 243 g/mol. The van der Waals surface area contributed by atoms with E-state index in [1.165, 1.54) is 22.3 Å². The Morgan fingerprint density at radius 1 is 1.22 bits per heavy atom. The summed E-state index contributed by atoms with van der Waals surface area (Å²) in [5.41, 5.74) is 5.14. The van der Waals surface area contributed by atoms with Gasteiger partial charge in [-0.1, -0.05) is 29.3 Å². The van der Waals surface area contributed by atoms with Gasteiger partial charge in [0, 0.05) is 17.8 Å². The van der Waals surface area contributed by atoms with Crippen LogP contribution in [0.2, 0.25) is 0 Å². The number of nitrogens with zero attached hydrogens (tertiary/aromatic N) is 2. The lowest BCUT2D eigenvalue weighted by Gasteiger charge is -2.07. The third-order valence-corrected chi connectivity index (χ3v) is 3.21. The van der Waals surface area contributed by atoms with Crippen LogP contribution < -0.4 is 5.32 Å². The van der Waals surface area contributed by atoms with Gasteiger partial charge >= 0.3 is 0 Å². The highest BCUT2D eigenvalue weighted by Gasteiger charge is 2.06. The van der Waals surface area contributed by atoms with E-state index < -0.39 is 0 Å². The smallest absolute Gasteiger partial charge is 0.0659 e.